The summed E-state index contributed by atoms with van der Waals surface area (Å²) < 4.78 is 22.0. The summed E-state index contributed by atoms with van der Waals surface area (Å²) in [6, 6.07) is 9.32. The SMILES string of the molecule is C=S1(=O)C[C@@](C)(c2sc(-c3nnc(-c4cccc5ccnn45)o3)cc2Cl)N=C(N)N1C. The monoisotopic (exact) mass is 475 g/mol. The van der Waals surface area contributed by atoms with Gasteiger partial charge in [-0.25, -0.2) is 13.7 Å². The van der Waals surface area contributed by atoms with Crippen molar-refractivity contribution in [3.05, 3.63) is 46.4 Å². The Labute approximate surface area is 187 Å². The van der Waals surface area contributed by atoms with E-state index in [1.54, 1.807) is 23.8 Å². The van der Waals surface area contributed by atoms with E-state index in [4.69, 9.17) is 21.8 Å². The molecule has 0 aromatic carbocycles. The quantitative estimate of drug-likeness (QED) is 0.455. The first-order chi connectivity index (χ1) is 14.7. The first kappa shape index (κ1) is 20.0. The van der Waals surface area contributed by atoms with Gasteiger partial charge in [0, 0.05) is 7.05 Å². The fourth-order valence-corrected chi connectivity index (χ4v) is 6.87. The number of nitrogens with zero attached hydrogens (tertiary/aromatic N) is 6. The van der Waals surface area contributed by atoms with Crippen molar-refractivity contribution in [3.63, 3.8) is 0 Å². The second kappa shape index (κ2) is 6.81. The van der Waals surface area contributed by atoms with Crippen LogP contribution in [0.25, 0.3) is 27.9 Å². The Morgan fingerprint density at radius 2 is 2.10 bits per heavy atom. The zero-order valence-corrected chi connectivity index (χ0v) is 19.0. The van der Waals surface area contributed by atoms with Crippen LogP contribution in [0.2, 0.25) is 5.02 Å². The van der Waals surface area contributed by atoms with E-state index in [1.165, 1.54) is 15.6 Å². The summed E-state index contributed by atoms with van der Waals surface area (Å²) in [6.07, 6.45) is 1.70. The van der Waals surface area contributed by atoms with Crippen LogP contribution in [0.15, 0.2) is 45.9 Å². The second-order valence-electron chi connectivity index (χ2n) is 7.44. The van der Waals surface area contributed by atoms with E-state index in [1.807, 2.05) is 31.2 Å². The van der Waals surface area contributed by atoms with Crippen LogP contribution in [-0.2, 0) is 15.2 Å². The molecular formula is C19H18ClN7O2S2. The zero-order valence-electron chi connectivity index (χ0n) is 16.6. The third-order valence-corrected chi connectivity index (χ3v) is 9.13. The molecule has 0 saturated heterocycles. The number of hydrogen-bond donors (Lipinski definition) is 1. The Morgan fingerprint density at radius 3 is 2.87 bits per heavy atom. The van der Waals surface area contributed by atoms with E-state index in [0.29, 0.717) is 32.3 Å². The van der Waals surface area contributed by atoms with E-state index in [2.05, 4.69) is 26.2 Å². The Bertz CT molecular complexity index is 1450. The van der Waals surface area contributed by atoms with Crippen molar-refractivity contribution in [1.29, 1.82) is 0 Å². The van der Waals surface area contributed by atoms with Gasteiger partial charge in [-0.2, -0.15) is 5.10 Å². The molecule has 1 aliphatic heterocycles. The lowest BCUT2D eigenvalue weighted by atomic mass is 10.0. The molecule has 2 atom stereocenters. The highest BCUT2D eigenvalue weighted by Crippen LogP contribution is 2.44. The summed E-state index contributed by atoms with van der Waals surface area (Å²) in [6.45, 7) is 1.84. The fraction of sp³-hybridized carbons (Fsp3) is 0.211. The van der Waals surface area contributed by atoms with E-state index < -0.39 is 15.2 Å². The highest BCUT2D eigenvalue weighted by atomic mass is 35.5. The molecular weight excluding hydrogens is 458 g/mol. The first-order valence-corrected chi connectivity index (χ1v) is 12.2. The fourth-order valence-electron chi connectivity index (χ4n) is 3.56. The number of aromatic nitrogens is 4. The van der Waals surface area contributed by atoms with Crippen LogP contribution in [0.3, 0.4) is 0 Å². The van der Waals surface area contributed by atoms with Gasteiger partial charge in [-0.15, -0.1) is 21.5 Å². The molecule has 1 aliphatic rings. The van der Waals surface area contributed by atoms with Gasteiger partial charge in [-0.05, 0) is 37.1 Å². The predicted molar refractivity (Wildman–Crippen MR) is 124 cm³/mol. The molecule has 9 nitrogen and oxygen atoms in total. The lowest BCUT2D eigenvalue weighted by molar-refractivity contribution is 0.522. The molecule has 0 fully saturated rings. The molecule has 0 bridgehead atoms. The molecule has 2 N–H and O–H groups in total. The molecule has 12 heteroatoms. The number of rotatable bonds is 3. The maximum atomic E-state index is 12.9. The minimum Gasteiger partial charge on any atom is -0.414 e. The molecule has 0 aliphatic carbocycles. The van der Waals surface area contributed by atoms with Crippen LogP contribution in [0, 0.1) is 0 Å². The third-order valence-electron chi connectivity index (χ3n) is 5.14. The zero-order chi connectivity index (χ0) is 22.0. The number of hydrogen-bond acceptors (Lipinski definition) is 8. The normalized spacial score (nSPS) is 24.0. The third kappa shape index (κ3) is 3.20. The van der Waals surface area contributed by atoms with Gasteiger partial charge in [0.1, 0.15) is 11.2 Å². The van der Waals surface area contributed by atoms with E-state index >= 15 is 0 Å². The highest BCUT2D eigenvalue weighted by molar-refractivity contribution is 7.98. The summed E-state index contributed by atoms with van der Waals surface area (Å²) in [5.74, 6) is 4.84. The molecule has 0 spiro atoms. The number of pyridine rings is 1. The Kier molecular flexibility index (Phi) is 4.40. The molecule has 1 unspecified atom stereocenters. The maximum absolute atomic E-state index is 12.9. The lowest BCUT2D eigenvalue weighted by Crippen LogP contribution is -2.50. The second-order valence-corrected chi connectivity index (χ2v) is 11.3. The number of fused-ring (bicyclic) bond motifs is 1. The summed E-state index contributed by atoms with van der Waals surface area (Å²) in [4.78, 5) is 5.95. The standard InChI is InChI=1S/C19H18ClN7O2S2/c1-19(10-31(3,28)26(2)18(21)23-19)15-12(20)9-14(30-15)17-25-24-16(29-17)13-6-4-5-11-7-8-22-27(11)13/h4-9H,3,10H2,1-2H3,(H2,21,23)/t19-,31?/m0/s1. The van der Waals surface area contributed by atoms with Gasteiger partial charge >= 0.3 is 0 Å². The average molecular weight is 476 g/mol. The number of halogens is 1. The minimum atomic E-state index is -2.62. The van der Waals surface area contributed by atoms with Crippen molar-refractivity contribution in [2.45, 2.75) is 12.5 Å². The molecule has 160 valence electrons. The van der Waals surface area contributed by atoms with Gasteiger partial charge in [0.25, 0.3) is 11.8 Å². The van der Waals surface area contributed by atoms with Crippen molar-refractivity contribution in [2.75, 3.05) is 12.8 Å². The van der Waals surface area contributed by atoms with Crippen molar-refractivity contribution in [2.24, 2.45) is 10.7 Å². The summed E-state index contributed by atoms with van der Waals surface area (Å²) in [5.41, 5.74) is 6.73. The highest BCUT2D eigenvalue weighted by Gasteiger charge is 2.40. The molecule has 5 heterocycles. The van der Waals surface area contributed by atoms with Crippen molar-refractivity contribution >= 4 is 50.0 Å². The summed E-state index contributed by atoms with van der Waals surface area (Å²) in [7, 11) is -1.00. The predicted octanol–water partition coefficient (Wildman–Crippen LogP) is 2.87. The van der Waals surface area contributed by atoms with Gasteiger partial charge in [0.05, 0.1) is 42.0 Å². The van der Waals surface area contributed by atoms with Crippen LogP contribution in [0.1, 0.15) is 11.8 Å². The van der Waals surface area contributed by atoms with Gasteiger partial charge in [-0.3, -0.25) is 4.31 Å². The van der Waals surface area contributed by atoms with E-state index in [0.717, 1.165) is 5.52 Å². The summed E-state index contributed by atoms with van der Waals surface area (Å²) in [5, 5.41) is 13.1. The number of nitrogens with two attached hydrogens (primary N) is 1. The van der Waals surface area contributed by atoms with E-state index in [-0.39, 0.29) is 11.7 Å². The topological polar surface area (TPSA) is 115 Å². The van der Waals surface area contributed by atoms with Crippen LogP contribution < -0.4 is 5.73 Å². The van der Waals surface area contributed by atoms with Gasteiger partial charge in [-0.1, -0.05) is 17.7 Å². The van der Waals surface area contributed by atoms with Crippen molar-refractivity contribution < 1.29 is 8.63 Å². The molecule has 0 amide bonds. The van der Waals surface area contributed by atoms with Gasteiger partial charge in [0.2, 0.25) is 5.96 Å². The number of guanidine groups is 1. The number of aliphatic imine (C=N–C) groups is 1. The Balaban J connectivity index is 1.55. The van der Waals surface area contributed by atoms with Gasteiger partial charge < -0.3 is 10.2 Å². The maximum Gasteiger partial charge on any atom is 0.266 e. The molecule has 4 aromatic heterocycles. The van der Waals surface area contributed by atoms with E-state index in [9.17, 15) is 4.21 Å². The first-order valence-electron chi connectivity index (χ1n) is 9.19. The largest absolute Gasteiger partial charge is 0.414 e. The molecule has 31 heavy (non-hydrogen) atoms. The van der Waals surface area contributed by atoms with Crippen LogP contribution in [0.4, 0.5) is 0 Å². The molecule has 0 saturated carbocycles. The minimum absolute atomic E-state index is 0.159. The smallest absolute Gasteiger partial charge is 0.266 e. The van der Waals surface area contributed by atoms with Crippen LogP contribution >= 0.6 is 22.9 Å². The summed E-state index contributed by atoms with van der Waals surface area (Å²) >= 11 is 7.90. The lowest BCUT2D eigenvalue weighted by Gasteiger charge is -2.36. The molecule has 5 rings (SSSR count). The van der Waals surface area contributed by atoms with Crippen molar-refractivity contribution in [1.82, 2.24) is 24.1 Å². The van der Waals surface area contributed by atoms with Gasteiger partial charge in [0.15, 0.2) is 0 Å². The number of thiophene rings is 1. The Morgan fingerprint density at radius 1 is 1.32 bits per heavy atom. The van der Waals surface area contributed by atoms with Crippen molar-refractivity contribution in [3.8, 4) is 22.4 Å². The van der Waals surface area contributed by atoms with Crippen LogP contribution in [0.5, 0.6) is 0 Å². The molecule has 4 aromatic rings. The average Bonchev–Trinajstić information content (AvgIpc) is 3.44. The van der Waals surface area contributed by atoms with Crippen LogP contribution in [-0.4, -0.2) is 53.0 Å². The molecule has 0 radical (unpaired) electrons. The Hall–Kier alpha value is -2.89.